The Kier molecular flexibility index (Phi) is 11.4. The van der Waals surface area contributed by atoms with Crippen molar-refractivity contribution in [1.29, 1.82) is 0 Å². The number of H-pyrrole nitrogens is 1. The monoisotopic (exact) mass is 676 g/mol. The fourth-order valence-electron chi connectivity index (χ4n) is 6.12. The number of aliphatic carboxylic acids is 1. The first kappa shape index (κ1) is 36.8. The molecule has 3 aliphatic heterocycles. The summed E-state index contributed by atoms with van der Waals surface area (Å²) in [6.45, 7) is 1.93. The summed E-state index contributed by atoms with van der Waals surface area (Å²) < 4.78 is 31.0. The number of aliphatic imine (C=N–C) groups is 1. The number of amides is 1. The van der Waals surface area contributed by atoms with E-state index in [4.69, 9.17) is 0 Å². The van der Waals surface area contributed by atoms with Crippen molar-refractivity contribution in [3.8, 4) is 0 Å². The summed E-state index contributed by atoms with van der Waals surface area (Å²) in [5, 5.41) is 34.0. The van der Waals surface area contributed by atoms with E-state index in [-0.39, 0.29) is 113 Å². The molecule has 2 aromatic rings. The number of hydrogen-bond donors (Lipinski definition) is 3. The second-order valence-corrected chi connectivity index (χ2v) is 12.6. The Bertz CT molecular complexity index is 1720. The van der Waals surface area contributed by atoms with Gasteiger partial charge in [0.25, 0.3) is 0 Å². The van der Waals surface area contributed by atoms with Crippen LogP contribution < -0.4 is 85.1 Å². The van der Waals surface area contributed by atoms with Crippen LogP contribution in [0.25, 0.3) is 10.9 Å². The van der Waals surface area contributed by atoms with Gasteiger partial charge >= 0.3 is 59.1 Å². The molecule has 1 unspecified atom stereocenters. The number of nitrogens with one attached hydrogen (secondary N) is 2. The Labute approximate surface area is 310 Å². The van der Waals surface area contributed by atoms with E-state index in [0.717, 1.165) is 22.7 Å². The van der Waals surface area contributed by atoms with Crippen LogP contribution in [0, 0.1) is 17.6 Å². The van der Waals surface area contributed by atoms with Crippen molar-refractivity contribution in [2.24, 2.45) is 10.9 Å². The van der Waals surface area contributed by atoms with Gasteiger partial charge in [-0.2, -0.15) is 0 Å². The number of aromatic amines is 1. The Morgan fingerprint density at radius 2 is 1.93 bits per heavy atom. The molecule has 46 heavy (non-hydrogen) atoms. The number of carbonyl (C=O) groups excluding carboxylic acids is 3. The third kappa shape index (κ3) is 6.40. The number of carboxylic acids is 2. The molecule has 4 aliphatic rings. The number of benzene rings is 1. The van der Waals surface area contributed by atoms with Gasteiger partial charge in [-0.05, 0) is 38.2 Å². The number of β-lactam (4-membered cyclic amide) rings is 1. The number of nitrogens with zero attached hydrogens (tertiary/aromatic N) is 4. The van der Waals surface area contributed by atoms with E-state index < -0.39 is 63.3 Å². The summed E-state index contributed by atoms with van der Waals surface area (Å²) in [5.74, 6) is -6.57. The molecule has 4 atom stereocenters. The molecule has 4 heterocycles. The van der Waals surface area contributed by atoms with E-state index in [1.165, 1.54) is 18.2 Å². The first-order chi connectivity index (χ1) is 20.9. The first-order valence-electron chi connectivity index (χ1n) is 14.0. The number of carbonyl (C=O) groups is 3. The fourth-order valence-corrected chi connectivity index (χ4v) is 7.66. The van der Waals surface area contributed by atoms with Crippen LogP contribution >= 0.6 is 11.8 Å². The molecule has 18 heteroatoms. The van der Waals surface area contributed by atoms with Gasteiger partial charge in [-0.3, -0.25) is 19.5 Å². The number of pyridine rings is 1. The van der Waals surface area contributed by atoms with Crippen LogP contribution in [0.4, 0.5) is 14.5 Å². The Balaban J connectivity index is 0.00000240. The summed E-state index contributed by atoms with van der Waals surface area (Å²) in [7, 11) is 1.71. The van der Waals surface area contributed by atoms with E-state index >= 15 is 8.78 Å². The maximum absolute atomic E-state index is 15.8. The number of carboxylic acid groups (broad SMARTS) is 2. The predicted octanol–water partition coefficient (Wildman–Crippen LogP) is -7.03. The number of anilines is 1. The number of aromatic carboxylic acids is 1. The van der Waals surface area contributed by atoms with Crippen LogP contribution in [-0.4, -0.2) is 88.4 Å². The van der Waals surface area contributed by atoms with Crippen molar-refractivity contribution in [3.05, 3.63) is 49.8 Å². The van der Waals surface area contributed by atoms with Gasteiger partial charge in [0.1, 0.15) is 16.9 Å². The number of likely N-dealkylation sites (N-methyl/N-ethyl adjacent to an activating group) is 1. The molecule has 234 valence electrons. The van der Waals surface area contributed by atoms with Crippen molar-refractivity contribution >= 4 is 52.5 Å². The topological polar surface area (TPSA) is 185 Å². The molecule has 0 bridgehead atoms. The molecule has 1 amide bonds. The van der Waals surface area contributed by atoms with Crippen LogP contribution in [-0.2, 0) is 9.59 Å². The zero-order chi connectivity index (χ0) is 31.6. The van der Waals surface area contributed by atoms with Crippen LogP contribution in [0.5, 0.6) is 0 Å². The van der Waals surface area contributed by atoms with Gasteiger partial charge in [0.2, 0.25) is 5.91 Å². The second kappa shape index (κ2) is 14.2. The van der Waals surface area contributed by atoms with E-state index in [9.17, 15) is 34.5 Å². The molecule has 1 aliphatic carbocycles. The number of aliphatic hydroxyl groups excluding tert-OH is 1. The minimum atomic E-state index is -1.69. The van der Waals surface area contributed by atoms with Crippen molar-refractivity contribution in [2.45, 2.75) is 49.6 Å². The zero-order valence-corrected chi connectivity index (χ0v) is 30.5. The maximum Gasteiger partial charge on any atom is 1.00 e. The molecule has 6 rings (SSSR count). The van der Waals surface area contributed by atoms with Crippen LogP contribution in [0.1, 0.15) is 48.2 Å². The van der Waals surface area contributed by atoms with Gasteiger partial charge < -0.3 is 40.2 Å². The molecular weight excluding hydrogens is 648 g/mol. The number of aliphatic hydroxyl groups is 1. The largest absolute Gasteiger partial charge is 1.00 e. The predicted molar refractivity (Wildman–Crippen MR) is 151 cm³/mol. The number of aromatic nitrogens is 1. The Morgan fingerprint density at radius 1 is 1.24 bits per heavy atom. The number of hydrazine groups is 1. The number of halogens is 2. The molecule has 0 radical (unpaired) electrons. The van der Waals surface area contributed by atoms with Gasteiger partial charge in [-0.25, -0.2) is 13.8 Å². The average Bonchev–Trinajstić information content (AvgIpc) is 3.59. The van der Waals surface area contributed by atoms with E-state index in [0.29, 0.717) is 24.2 Å². The van der Waals surface area contributed by atoms with Crippen molar-refractivity contribution in [2.75, 3.05) is 31.6 Å². The third-order valence-electron chi connectivity index (χ3n) is 8.56. The quantitative estimate of drug-likeness (QED) is 0.0715. The standard InChI is InChI=1S/C28H30F2N6O7S.2Na/c1-11(37)17-25(39)36-23(28(42)43)16(44-26(17)36)8-31-10-32-34(2)13-5-6-35(9-13)22-15(29)7-14-21(19(22)30)33-20(12-3-4-12)18(24(14)38)27(40)41;;/h7,10-13,17,26,37H,3-6,8-9H2,1-2H3,(H,31,32)(H,33,38)(H,40,41)(H,42,43);;/q;2*+1/p-2/t11-,13?,17-,26-;;/m1../s1. The third-order valence-corrected chi connectivity index (χ3v) is 9.92. The SMILES string of the molecule is C[C@@H](O)[C@@H]1C(=O)N2C(C(=O)[O-])=C(CN=CNN(C)C3CCN(c4c(F)cc5c(=O)c(C(=O)[O-])c(C6CC6)[nH]c5c4F)C3)S[C@H]12.[Na+].[Na+]. The summed E-state index contributed by atoms with van der Waals surface area (Å²) >= 11 is 1.15. The van der Waals surface area contributed by atoms with Crippen LogP contribution in [0.15, 0.2) is 26.5 Å². The van der Waals surface area contributed by atoms with E-state index in [1.807, 2.05) is 0 Å². The molecular formula is C28H28F2N6Na2O7S. The molecule has 1 aromatic carbocycles. The van der Waals surface area contributed by atoms with E-state index in [1.54, 1.807) is 12.1 Å². The van der Waals surface area contributed by atoms with Gasteiger partial charge in [0, 0.05) is 36.8 Å². The summed E-state index contributed by atoms with van der Waals surface area (Å²) in [4.78, 5) is 58.5. The molecule has 3 fully saturated rings. The van der Waals surface area contributed by atoms with Crippen molar-refractivity contribution in [3.63, 3.8) is 0 Å². The van der Waals surface area contributed by atoms with Gasteiger partial charge in [0.05, 0.1) is 59.0 Å². The Morgan fingerprint density at radius 3 is 2.54 bits per heavy atom. The Hall–Kier alpha value is -2.02. The first-order valence-corrected chi connectivity index (χ1v) is 14.9. The fraction of sp³-hybridized carbons (Fsp3) is 0.464. The van der Waals surface area contributed by atoms with Crippen LogP contribution in [0.3, 0.4) is 0 Å². The molecule has 3 N–H and O–H groups in total. The van der Waals surface area contributed by atoms with E-state index in [2.05, 4.69) is 15.4 Å². The zero-order valence-electron chi connectivity index (χ0n) is 25.6. The minimum Gasteiger partial charge on any atom is -0.545 e. The van der Waals surface area contributed by atoms with Gasteiger partial charge in [-0.15, -0.1) is 0 Å². The summed E-state index contributed by atoms with van der Waals surface area (Å²) in [6.07, 6.45) is 2.22. The second-order valence-electron chi connectivity index (χ2n) is 11.4. The summed E-state index contributed by atoms with van der Waals surface area (Å²) in [6, 6.07) is 0.635. The van der Waals surface area contributed by atoms with Crippen molar-refractivity contribution in [1.82, 2.24) is 20.3 Å². The molecule has 1 aromatic heterocycles. The number of rotatable bonds is 10. The smallest absolute Gasteiger partial charge is 0.545 e. The molecule has 1 saturated carbocycles. The minimum absolute atomic E-state index is 0. The summed E-state index contributed by atoms with van der Waals surface area (Å²) in [5.41, 5.74) is 0.650. The van der Waals surface area contributed by atoms with Crippen LogP contribution in [0.2, 0.25) is 0 Å². The van der Waals surface area contributed by atoms with Crippen molar-refractivity contribution < 1.29 is 97.6 Å². The number of hydrogen-bond acceptors (Lipinski definition) is 11. The molecule has 0 spiro atoms. The maximum atomic E-state index is 15.8. The molecule has 13 nitrogen and oxygen atoms in total. The number of thioether (sulfide) groups is 1. The average molecular weight is 677 g/mol. The normalized spacial score (nSPS) is 23.0. The van der Waals surface area contributed by atoms with Gasteiger partial charge in [0.15, 0.2) is 11.2 Å². The van der Waals surface area contributed by atoms with Gasteiger partial charge in [-0.1, -0.05) is 11.8 Å². The molecule has 2 saturated heterocycles. The number of fused-ring (bicyclic) bond motifs is 2.